The number of aromatic amines is 1. The first-order valence-corrected chi connectivity index (χ1v) is 12.0. The van der Waals surface area contributed by atoms with Crippen LogP contribution >= 0.6 is 0 Å². The highest BCUT2D eigenvalue weighted by Gasteiger charge is 2.46. The number of aromatic nitrogens is 2. The normalized spacial score (nSPS) is 26.3. The van der Waals surface area contributed by atoms with E-state index in [0.717, 1.165) is 15.8 Å². The third-order valence-corrected chi connectivity index (χ3v) is 7.76. The average molecular weight is 501 g/mol. The third kappa shape index (κ3) is 2.70. The summed E-state index contributed by atoms with van der Waals surface area (Å²) < 4.78 is 7.66. The molecule has 0 spiro atoms. The number of aliphatic hydroxyl groups is 4. The number of nitrogens with zero attached hydrogens (tertiary/aromatic N) is 2. The second-order valence-electron chi connectivity index (χ2n) is 9.67. The first-order valence-electron chi connectivity index (χ1n) is 12.0. The smallest absolute Gasteiger partial charge is 0.262 e. The van der Waals surface area contributed by atoms with Crippen molar-refractivity contribution in [3.8, 4) is 0 Å². The second kappa shape index (κ2) is 7.60. The number of carbonyl (C=O) groups is 2. The number of aliphatic hydroxyl groups excluding tert-OH is 4. The Labute approximate surface area is 208 Å². The minimum absolute atomic E-state index is 0.263. The molecule has 188 valence electrons. The van der Waals surface area contributed by atoms with Crippen molar-refractivity contribution < 1.29 is 34.8 Å². The van der Waals surface area contributed by atoms with Crippen molar-refractivity contribution in [2.45, 2.75) is 30.6 Å². The zero-order valence-electron chi connectivity index (χ0n) is 19.6. The molecule has 5 aromatic rings. The maximum Gasteiger partial charge on any atom is 0.262 e. The Balaban J connectivity index is 1.71. The molecule has 5 atom stereocenters. The van der Waals surface area contributed by atoms with Crippen molar-refractivity contribution in [2.75, 3.05) is 13.7 Å². The Bertz CT molecular complexity index is 1790. The molecule has 1 saturated heterocycles. The number of para-hydroxylation sites is 2. The molecule has 10 heteroatoms. The van der Waals surface area contributed by atoms with Gasteiger partial charge in [0.05, 0.1) is 34.3 Å². The third-order valence-electron chi connectivity index (χ3n) is 7.76. The van der Waals surface area contributed by atoms with Gasteiger partial charge in [0, 0.05) is 34.1 Å². The molecule has 0 radical (unpaired) electrons. The molecule has 7 rings (SSSR count). The molecule has 0 unspecified atom stereocenters. The standard InChI is InChI=1S/C27H23N3O7/c1-29-25(35)18-16-11-6-2-4-8-13(11)28-20(16)21-17(19(18)26(29)36)12-7-3-5-9-14(12)30(21)27-24(34)23(33)22(32)15(10-31)37-27/h2-9,15,22-24,27-28,31-34H,10H2,1H3/t15-,22-,23+,24-,27+/m1/s1. The van der Waals surface area contributed by atoms with Gasteiger partial charge in [0.1, 0.15) is 24.4 Å². The Kier molecular flexibility index (Phi) is 4.60. The quantitative estimate of drug-likeness (QED) is 0.231. The van der Waals surface area contributed by atoms with Crippen LogP contribution in [0.2, 0.25) is 0 Å². The van der Waals surface area contributed by atoms with Crippen LogP contribution in [0, 0.1) is 0 Å². The van der Waals surface area contributed by atoms with E-state index in [4.69, 9.17) is 4.74 Å². The summed E-state index contributed by atoms with van der Waals surface area (Å²) >= 11 is 0. The zero-order chi connectivity index (χ0) is 25.7. The van der Waals surface area contributed by atoms with Crippen molar-refractivity contribution in [1.29, 1.82) is 0 Å². The molecule has 2 aliphatic rings. The summed E-state index contributed by atoms with van der Waals surface area (Å²) in [6.45, 7) is -0.576. The zero-order valence-corrected chi connectivity index (χ0v) is 19.6. The van der Waals surface area contributed by atoms with Gasteiger partial charge < -0.3 is 34.7 Å². The number of hydrogen-bond acceptors (Lipinski definition) is 7. The SMILES string of the molecule is CN1C(=O)c2c(c3c4ccccc4n([C@H]4O[C@H](CO)[C@@H](O)[C@H](O)[C@H]4O)c3c3[nH]c4ccccc4c23)C1=O. The lowest BCUT2D eigenvalue weighted by Gasteiger charge is -2.41. The highest BCUT2D eigenvalue weighted by Crippen LogP contribution is 2.47. The van der Waals surface area contributed by atoms with Crippen LogP contribution in [0.1, 0.15) is 26.9 Å². The van der Waals surface area contributed by atoms with Gasteiger partial charge in [0.2, 0.25) is 0 Å². The molecule has 1 fully saturated rings. The van der Waals surface area contributed by atoms with Crippen molar-refractivity contribution in [3.05, 3.63) is 59.7 Å². The van der Waals surface area contributed by atoms with E-state index in [1.807, 2.05) is 36.4 Å². The lowest BCUT2D eigenvalue weighted by Crippen LogP contribution is -2.56. The lowest BCUT2D eigenvalue weighted by molar-refractivity contribution is -0.249. The fraction of sp³-hybridized carbons (Fsp3) is 0.259. The summed E-state index contributed by atoms with van der Waals surface area (Å²) in [5.74, 6) is -0.838. The first-order chi connectivity index (χ1) is 17.8. The number of carbonyl (C=O) groups excluding carboxylic acids is 2. The van der Waals surface area contributed by atoms with Gasteiger partial charge in [-0.3, -0.25) is 14.5 Å². The minimum Gasteiger partial charge on any atom is -0.394 e. The molecule has 10 nitrogen and oxygen atoms in total. The summed E-state index contributed by atoms with van der Waals surface area (Å²) in [7, 11) is 1.45. The number of amides is 2. The van der Waals surface area contributed by atoms with Crippen LogP contribution < -0.4 is 0 Å². The molecule has 0 aliphatic carbocycles. The summed E-state index contributed by atoms with van der Waals surface area (Å²) in [5.41, 5.74) is 2.99. The average Bonchev–Trinajstić information content (AvgIpc) is 3.53. The van der Waals surface area contributed by atoms with E-state index in [1.165, 1.54) is 7.05 Å². The molecule has 4 heterocycles. The molecular weight excluding hydrogens is 478 g/mol. The Morgan fingerprint density at radius 2 is 1.51 bits per heavy atom. The van der Waals surface area contributed by atoms with Gasteiger partial charge in [-0.25, -0.2) is 0 Å². The monoisotopic (exact) mass is 501 g/mol. The largest absolute Gasteiger partial charge is 0.394 e. The van der Waals surface area contributed by atoms with Crippen LogP contribution in [0.25, 0.3) is 43.6 Å². The maximum atomic E-state index is 13.5. The molecule has 0 saturated carbocycles. The Hall–Kier alpha value is -3.80. The van der Waals surface area contributed by atoms with Gasteiger partial charge in [-0.05, 0) is 12.1 Å². The number of imide groups is 1. The van der Waals surface area contributed by atoms with Crippen LogP contribution in [0.3, 0.4) is 0 Å². The van der Waals surface area contributed by atoms with Gasteiger partial charge >= 0.3 is 0 Å². The summed E-state index contributed by atoms with van der Waals surface area (Å²) in [5, 5.41) is 44.4. The summed E-state index contributed by atoms with van der Waals surface area (Å²) in [4.78, 5) is 31.4. The highest BCUT2D eigenvalue weighted by atomic mass is 16.6. The number of ether oxygens (including phenoxy) is 1. The Morgan fingerprint density at radius 1 is 0.865 bits per heavy atom. The second-order valence-corrected chi connectivity index (χ2v) is 9.67. The summed E-state index contributed by atoms with van der Waals surface area (Å²) in [6.07, 6.45) is -7.00. The van der Waals surface area contributed by atoms with E-state index >= 15 is 0 Å². The first kappa shape index (κ1) is 22.4. The number of H-pyrrole nitrogens is 1. The van der Waals surface area contributed by atoms with Crippen LogP contribution in [0.4, 0.5) is 0 Å². The van der Waals surface area contributed by atoms with Crippen LogP contribution in [0.5, 0.6) is 0 Å². The van der Waals surface area contributed by atoms with Crippen molar-refractivity contribution in [2.24, 2.45) is 0 Å². The van der Waals surface area contributed by atoms with E-state index in [-0.39, 0.29) is 5.56 Å². The molecule has 2 aliphatic heterocycles. The van der Waals surface area contributed by atoms with Gasteiger partial charge in [-0.15, -0.1) is 0 Å². The van der Waals surface area contributed by atoms with Gasteiger partial charge in [-0.2, -0.15) is 0 Å². The fourth-order valence-corrected chi connectivity index (χ4v) is 6.01. The molecule has 3 aromatic carbocycles. The van der Waals surface area contributed by atoms with Gasteiger partial charge in [0.25, 0.3) is 11.8 Å². The van der Waals surface area contributed by atoms with Gasteiger partial charge in [-0.1, -0.05) is 36.4 Å². The number of benzene rings is 3. The van der Waals surface area contributed by atoms with Crippen LogP contribution in [-0.2, 0) is 4.74 Å². The molecule has 2 aromatic heterocycles. The predicted octanol–water partition coefficient (Wildman–Crippen LogP) is 1.63. The number of hydrogen-bond donors (Lipinski definition) is 5. The highest BCUT2D eigenvalue weighted by molar-refractivity contribution is 6.39. The van der Waals surface area contributed by atoms with E-state index in [2.05, 4.69) is 4.98 Å². The van der Waals surface area contributed by atoms with E-state index < -0.39 is 49.1 Å². The number of fused-ring (bicyclic) bond motifs is 10. The van der Waals surface area contributed by atoms with E-state index in [0.29, 0.717) is 38.3 Å². The molecular formula is C27H23N3O7. The van der Waals surface area contributed by atoms with Crippen molar-refractivity contribution in [1.82, 2.24) is 14.5 Å². The molecule has 0 bridgehead atoms. The lowest BCUT2D eigenvalue weighted by atomic mass is 9.96. The molecule has 37 heavy (non-hydrogen) atoms. The van der Waals surface area contributed by atoms with Crippen LogP contribution in [0.15, 0.2) is 48.5 Å². The topological polar surface area (TPSA) is 148 Å². The van der Waals surface area contributed by atoms with Crippen molar-refractivity contribution in [3.63, 3.8) is 0 Å². The molecule has 5 N–H and O–H groups in total. The maximum absolute atomic E-state index is 13.5. The minimum atomic E-state index is -1.59. The number of nitrogens with one attached hydrogen (secondary N) is 1. The van der Waals surface area contributed by atoms with Gasteiger partial charge in [0.15, 0.2) is 6.23 Å². The molecule has 2 amide bonds. The number of rotatable bonds is 2. The Morgan fingerprint density at radius 3 is 2.24 bits per heavy atom. The van der Waals surface area contributed by atoms with Crippen LogP contribution in [-0.4, -0.2) is 84.8 Å². The summed E-state index contributed by atoms with van der Waals surface area (Å²) in [6, 6.07) is 14.7. The predicted molar refractivity (Wildman–Crippen MR) is 134 cm³/mol. The van der Waals surface area contributed by atoms with E-state index in [1.54, 1.807) is 16.7 Å². The van der Waals surface area contributed by atoms with Crippen molar-refractivity contribution >= 4 is 55.4 Å². The fourth-order valence-electron chi connectivity index (χ4n) is 6.01. The van der Waals surface area contributed by atoms with E-state index in [9.17, 15) is 30.0 Å².